The maximum atomic E-state index is 10.3. The average Bonchev–Trinajstić information content (AvgIpc) is 2.41. The summed E-state index contributed by atoms with van der Waals surface area (Å²) in [6, 6.07) is 15.0. The van der Waals surface area contributed by atoms with Crippen molar-refractivity contribution >= 4 is 24.2 Å². The molecular weight excluding hydrogens is 228 g/mol. The van der Waals surface area contributed by atoms with E-state index in [-0.39, 0.29) is 0 Å². The van der Waals surface area contributed by atoms with Crippen molar-refractivity contribution < 1.29 is 9.59 Å². The van der Waals surface area contributed by atoms with Crippen molar-refractivity contribution in [3.8, 4) is 11.1 Å². The molecule has 0 heterocycles. The Hall–Kier alpha value is -2.62. The van der Waals surface area contributed by atoms with Crippen molar-refractivity contribution in [3.63, 3.8) is 0 Å². The normalized spacial score (nSPS) is 9.56. The van der Waals surface area contributed by atoms with Gasteiger partial charge in [0.15, 0.2) is 0 Å². The average molecular weight is 240 g/mol. The van der Waals surface area contributed by atoms with Gasteiger partial charge in [-0.15, -0.1) is 0 Å². The SMILES string of the molecule is O=CNc1ccc(-c2ccc(NC=O)cc2)cc1. The zero-order chi connectivity index (χ0) is 12.8. The van der Waals surface area contributed by atoms with E-state index in [1.165, 1.54) is 0 Å². The molecule has 0 aromatic heterocycles. The molecule has 0 fully saturated rings. The molecule has 2 aromatic carbocycles. The quantitative estimate of drug-likeness (QED) is 0.789. The van der Waals surface area contributed by atoms with Crippen LogP contribution in [-0.2, 0) is 9.59 Å². The van der Waals surface area contributed by atoms with E-state index in [4.69, 9.17) is 0 Å². The van der Waals surface area contributed by atoms with E-state index in [9.17, 15) is 9.59 Å². The second kappa shape index (κ2) is 5.63. The largest absolute Gasteiger partial charge is 0.329 e. The van der Waals surface area contributed by atoms with Crippen LogP contribution in [0.5, 0.6) is 0 Å². The lowest BCUT2D eigenvalue weighted by atomic mass is 10.1. The maximum Gasteiger partial charge on any atom is 0.211 e. The monoisotopic (exact) mass is 240 g/mol. The molecule has 0 saturated heterocycles. The van der Waals surface area contributed by atoms with E-state index in [2.05, 4.69) is 10.6 Å². The Morgan fingerprint density at radius 3 is 1.22 bits per heavy atom. The van der Waals surface area contributed by atoms with Crippen molar-refractivity contribution in [1.82, 2.24) is 0 Å². The minimum Gasteiger partial charge on any atom is -0.329 e. The standard InChI is InChI=1S/C14H12N2O2/c17-9-15-13-5-1-11(2-6-13)12-3-7-14(8-4-12)16-10-18/h1-10H,(H,15,17)(H,16,18). The number of amides is 2. The Bertz CT molecular complexity index is 481. The second-order valence-corrected chi connectivity index (χ2v) is 3.68. The van der Waals surface area contributed by atoms with Crippen LogP contribution in [0, 0.1) is 0 Å². The highest BCUT2D eigenvalue weighted by molar-refractivity contribution is 5.76. The van der Waals surface area contributed by atoms with Crippen molar-refractivity contribution in [1.29, 1.82) is 0 Å². The van der Waals surface area contributed by atoms with Gasteiger partial charge in [0.05, 0.1) is 0 Å². The highest BCUT2D eigenvalue weighted by atomic mass is 16.1. The van der Waals surface area contributed by atoms with Gasteiger partial charge in [-0.25, -0.2) is 0 Å². The highest BCUT2D eigenvalue weighted by Crippen LogP contribution is 2.22. The van der Waals surface area contributed by atoms with Crippen LogP contribution in [0.25, 0.3) is 11.1 Å². The molecule has 0 aliphatic heterocycles. The summed E-state index contributed by atoms with van der Waals surface area (Å²) >= 11 is 0. The van der Waals surface area contributed by atoms with Gasteiger partial charge < -0.3 is 10.6 Å². The summed E-state index contributed by atoms with van der Waals surface area (Å²) in [7, 11) is 0. The molecular formula is C14H12N2O2. The van der Waals surface area contributed by atoms with Crippen molar-refractivity contribution in [3.05, 3.63) is 48.5 Å². The molecule has 18 heavy (non-hydrogen) atoms. The van der Waals surface area contributed by atoms with E-state index in [0.717, 1.165) is 22.5 Å². The molecule has 0 unspecified atom stereocenters. The van der Waals surface area contributed by atoms with Gasteiger partial charge in [-0.3, -0.25) is 9.59 Å². The Balaban J connectivity index is 2.19. The van der Waals surface area contributed by atoms with E-state index >= 15 is 0 Å². The molecule has 0 atom stereocenters. The summed E-state index contributed by atoms with van der Waals surface area (Å²) < 4.78 is 0. The van der Waals surface area contributed by atoms with E-state index in [0.29, 0.717) is 12.8 Å². The molecule has 0 spiro atoms. The van der Waals surface area contributed by atoms with Crippen LogP contribution in [0.1, 0.15) is 0 Å². The first-order valence-electron chi connectivity index (χ1n) is 5.44. The Morgan fingerprint density at radius 1 is 0.611 bits per heavy atom. The molecule has 2 rings (SSSR count). The predicted molar refractivity (Wildman–Crippen MR) is 71.3 cm³/mol. The maximum absolute atomic E-state index is 10.3. The first-order chi connectivity index (χ1) is 8.83. The number of benzene rings is 2. The van der Waals surface area contributed by atoms with Crippen LogP contribution in [0.15, 0.2) is 48.5 Å². The zero-order valence-corrected chi connectivity index (χ0v) is 9.59. The van der Waals surface area contributed by atoms with Crippen molar-refractivity contribution in [2.24, 2.45) is 0 Å². The van der Waals surface area contributed by atoms with Crippen LogP contribution in [0.2, 0.25) is 0 Å². The van der Waals surface area contributed by atoms with Gasteiger partial charge in [-0.2, -0.15) is 0 Å². The first-order valence-corrected chi connectivity index (χ1v) is 5.44. The highest BCUT2D eigenvalue weighted by Gasteiger charge is 1.98. The molecule has 0 bridgehead atoms. The lowest BCUT2D eigenvalue weighted by molar-refractivity contribution is -0.106. The number of rotatable bonds is 5. The summed E-state index contributed by atoms with van der Waals surface area (Å²) in [4.78, 5) is 20.6. The number of anilines is 2. The summed E-state index contributed by atoms with van der Waals surface area (Å²) in [5.41, 5.74) is 3.61. The molecule has 0 aliphatic carbocycles. The summed E-state index contributed by atoms with van der Waals surface area (Å²) in [5, 5.41) is 5.17. The van der Waals surface area contributed by atoms with Crippen LogP contribution >= 0.6 is 0 Å². The minimum absolute atomic E-state index is 0.648. The smallest absolute Gasteiger partial charge is 0.211 e. The van der Waals surface area contributed by atoms with Crippen LogP contribution in [-0.4, -0.2) is 12.8 Å². The number of hydrogen-bond donors (Lipinski definition) is 2. The fraction of sp³-hybridized carbons (Fsp3) is 0. The lowest BCUT2D eigenvalue weighted by Crippen LogP contribution is -1.93. The third kappa shape index (κ3) is 2.74. The topological polar surface area (TPSA) is 58.2 Å². The van der Waals surface area contributed by atoms with Crippen LogP contribution in [0.4, 0.5) is 11.4 Å². The van der Waals surface area contributed by atoms with Gasteiger partial charge in [0.1, 0.15) is 0 Å². The molecule has 0 aliphatic rings. The predicted octanol–water partition coefficient (Wildman–Crippen LogP) is 2.49. The number of carbonyl (C=O) groups excluding carboxylic acids is 2. The van der Waals surface area contributed by atoms with Gasteiger partial charge in [0.2, 0.25) is 12.8 Å². The third-order valence-corrected chi connectivity index (χ3v) is 2.55. The Labute approximate surface area is 105 Å². The van der Waals surface area contributed by atoms with E-state index in [1.54, 1.807) is 0 Å². The molecule has 0 saturated carbocycles. The molecule has 4 heteroatoms. The number of nitrogens with one attached hydrogen (secondary N) is 2. The zero-order valence-electron chi connectivity index (χ0n) is 9.59. The Kier molecular flexibility index (Phi) is 3.71. The lowest BCUT2D eigenvalue weighted by Gasteiger charge is -2.05. The molecule has 2 N–H and O–H groups in total. The molecule has 90 valence electrons. The number of carbonyl (C=O) groups is 2. The first kappa shape index (κ1) is 11.9. The van der Waals surface area contributed by atoms with E-state index in [1.807, 2.05) is 48.5 Å². The summed E-state index contributed by atoms with van der Waals surface area (Å²) in [6.45, 7) is 0. The van der Waals surface area contributed by atoms with Gasteiger partial charge in [-0.05, 0) is 35.4 Å². The summed E-state index contributed by atoms with van der Waals surface area (Å²) in [6.07, 6.45) is 1.30. The number of hydrogen-bond acceptors (Lipinski definition) is 2. The van der Waals surface area contributed by atoms with Gasteiger partial charge in [0.25, 0.3) is 0 Å². The van der Waals surface area contributed by atoms with Crippen LogP contribution < -0.4 is 10.6 Å². The molecule has 2 amide bonds. The van der Waals surface area contributed by atoms with Crippen LogP contribution in [0.3, 0.4) is 0 Å². The molecule has 2 aromatic rings. The van der Waals surface area contributed by atoms with Gasteiger partial charge in [0, 0.05) is 11.4 Å². The Morgan fingerprint density at radius 2 is 0.944 bits per heavy atom. The fourth-order valence-corrected chi connectivity index (χ4v) is 1.65. The molecule has 4 nitrogen and oxygen atoms in total. The van der Waals surface area contributed by atoms with Gasteiger partial charge in [-0.1, -0.05) is 24.3 Å². The summed E-state index contributed by atoms with van der Waals surface area (Å²) in [5.74, 6) is 0. The second-order valence-electron chi connectivity index (χ2n) is 3.68. The van der Waals surface area contributed by atoms with Crippen molar-refractivity contribution in [2.45, 2.75) is 0 Å². The van der Waals surface area contributed by atoms with Crippen molar-refractivity contribution in [2.75, 3.05) is 10.6 Å². The third-order valence-electron chi connectivity index (χ3n) is 2.55. The van der Waals surface area contributed by atoms with E-state index < -0.39 is 0 Å². The van der Waals surface area contributed by atoms with Gasteiger partial charge >= 0.3 is 0 Å². The fourth-order valence-electron chi connectivity index (χ4n) is 1.65. The minimum atomic E-state index is 0.648. The molecule has 0 radical (unpaired) electrons.